The molecule has 0 saturated carbocycles. The zero-order chi connectivity index (χ0) is 14.7. The van der Waals surface area contributed by atoms with E-state index in [0.717, 1.165) is 18.2 Å². The van der Waals surface area contributed by atoms with Crippen LogP contribution in [0.5, 0.6) is 0 Å². The number of hydrogen-bond acceptors (Lipinski definition) is 2. The molecule has 0 bridgehead atoms. The number of hydrogen-bond donors (Lipinski definition) is 1. The van der Waals surface area contributed by atoms with Gasteiger partial charge in [0.25, 0.3) is 0 Å². The highest BCUT2D eigenvalue weighted by Crippen LogP contribution is 2.15. The van der Waals surface area contributed by atoms with Crippen molar-refractivity contribution in [2.24, 2.45) is 0 Å². The number of carboxylic acids is 1. The predicted octanol–water partition coefficient (Wildman–Crippen LogP) is 2.97. The number of carboxylic acid groups (broad SMARTS) is 1. The second-order valence-electron chi connectivity index (χ2n) is 4.10. The van der Waals surface area contributed by atoms with Crippen molar-refractivity contribution in [3.8, 4) is 0 Å². The quantitative estimate of drug-likeness (QED) is 0.943. The molecule has 0 aliphatic carbocycles. The SMILES string of the molecule is O=C(O)c1ccc(S(=O)Cc2cc(F)cc(F)c2)cc1. The highest BCUT2D eigenvalue weighted by Gasteiger charge is 2.09. The smallest absolute Gasteiger partial charge is 0.335 e. The van der Waals surface area contributed by atoms with Crippen LogP contribution in [-0.4, -0.2) is 15.3 Å². The van der Waals surface area contributed by atoms with Crippen LogP contribution in [0.4, 0.5) is 8.78 Å². The zero-order valence-electron chi connectivity index (χ0n) is 10.2. The van der Waals surface area contributed by atoms with Crippen molar-refractivity contribution < 1.29 is 22.9 Å². The average Bonchev–Trinajstić information content (AvgIpc) is 2.37. The molecule has 0 saturated heterocycles. The molecule has 0 aromatic heterocycles. The Kier molecular flexibility index (Phi) is 4.24. The third kappa shape index (κ3) is 3.48. The van der Waals surface area contributed by atoms with Gasteiger partial charge in [-0.25, -0.2) is 13.6 Å². The molecule has 1 N–H and O–H groups in total. The molecular formula is C14H10F2O3S. The van der Waals surface area contributed by atoms with Crippen LogP contribution in [0.1, 0.15) is 15.9 Å². The number of halogens is 2. The van der Waals surface area contributed by atoms with Gasteiger partial charge in [-0.3, -0.25) is 4.21 Å². The minimum atomic E-state index is -1.50. The minimum Gasteiger partial charge on any atom is -0.478 e. The van der Waals surface area contributed by atoms with E-state index in [4.69, 9.17) is 5.11 Å². The van der Waals surface area contributed by atoms with Gasteiger partial charge in [0.2, 0.25) is 0 Å². The minimum absolute atomic E-state index is 0.0406. The summed E-state index contributed by atoms with van der Waals surface area (Å²) in [7, 11) is -1.50. The Morgan fingerprint density at radius 1 is 1.05 bits per heavy atom. The van der Waals surface area contributed by atoms with Crippen LogP contribution in [0, 0.1) is 11.6 Å². The number of carbonyl (C=O) groups is 1. The Morgan fingerprint density at radius 3 is 2.10 bits per heavy atom. The van der Waals surface area contributed by atoms with Crippen LogP contribution in [0.3, 0.4) is 0 Å². The Bertz CT molecular complexity index is 648. The lowest BCUT2D eigenvalue weighted by atomic mass is 10.2. The van der Waals surface area contributed by atoms with Crippen LogP contribution in [0.25, 0.3) is 0 Å². The number of rotatable bonds is 4. The first-order chi connectivity index (χ1) is 9.45. The maximum atomic E-state index is 13.0. The summed E-state index contributed by atoms with van der Waals surface area (Å²) in [6.45, 7) is 0. The molecule has 0 aliphatic heterocycles. The van der Waals surface area contributed by atoms with Crippen molar-refractivity contribution in [3.05, 3.63) is 65.2 Å². The van der Waals surface area contributed by atoms with Crippen LogP contribution in [-0.2, 0) is 16.6 Å². The first kappa shape index (κ1) is 14.3. The van der Waals surface area contributed by atoms with E-state index in [-0.39, 0.29) is 16.9 Å². The Labute approximate surface area is 116 Å². The summed E-state index contributed by atoms with van der Waals surface area (Å²) in [6, 6.07) is 8.50. The monoisotopic (exact) mass is 296 g/mol. The molecular weight excluding hydrogens is 286 g/mol. The van der Waals surface area contributed by atoms with Crippen molar-refractivity contribution in [1.29, 1.82) is 0 Å². The van der Waals surface area contributed by atoms with Gasteiger partial charge in [0.15, 0.2) is 0 Å². The van der Waals surface area contributed by atoms with Gasteiger partial charge in [0.1, 0.15) is 11.6 Å². The maximum Gasteiger partial charge on any atom is 0.335 e. The lowest BCUT2D eigenvalue weighted by molar-refractivity contribution is 0.0697. The lowest BCUT2D eigenvalue weighted by Crippen LogP contribution is -2.00. The Balaban J connectivity index is 2.17. The fraction of sp³-hybridized carbons (Fsp3) is 0.0714. The van der Waals surface area contributed by atoms with Crippen molar-refractivity contribution in [2.75, 3.05) is 0 Å². The summed E-state index contributed by atoms with van der Waals surface area (Å²) in [4.78, 5) is 11.1. The van der Waals surface area contributed by atoms with E-state index in [1.54, 1.807) is 0 Å². The largest absolute Gasteiger partial charge is 0.478 e. The second-order valence-corrected chi connectivity index (χ2v) is 5.55. The molecule has 20 heavy (non-hydrogen) atoms. The third-order valence-electron chi connectivity index (χ3n) is 2.58. The topological polar surface area (TPSA) is 54.4 Å². The molecule has 2 rings (SSSR count). The van der Waals surface area contributed by atoms with E-state index < -0.39 is 28.4 Å². The summed E-state index contributed by atoms with van der Waals surface area (Å²) in [5, 5.41) is 8.75. The van der Waals surface area contributed by atoms with Crippen LogP contribution in [0.15, 0.2) is 47.4 Å². The summed E-state index contributed by atoms with van der Waals surface area (Å²) in [5.74, 6) is -2.56. The molecule has 0 amide bonds. The second kappa shape index (κ2) is 5.92. The molecule has 1 atom stereocenters. The van der Waals surface area contributed by atoms with Crippen LogP contribution < -0.4 is 0 Å². The Morgan fingerprint density at radius 2 is 1.60 bits per heavy atom. The average molecular weight is 296 g/mol. The molecule has 2 aromatic rings. The summed E-state index contributed by atoms with van der Waals surface area (Å²) in [5.41, 5.74) is 0.366. The van der Waals surface area contributed by atoms with Crippen molar-refractivity contribution in [1.82, 2.24) is 0 Å². The van der Waals surface area contributed by atoms with Gasteiger partial charge in [-0.1, -0.05) is 0 Å². The molecule has 0 heterocycles. The normalized spacial score (nSPS) is 12.1. The van der Waals surface area contributed by atoms with Gasteiger partial charge >= 0.3 is 5.97 Å². The third-order valence-corrected chi connectivity index (χ3v) is 3.98. The molecule has 3 nitrogen and oxygen atoms in total. The molecule has 6 heteroatoms. The van der Waals surface area contributed by atoms with Gasteiger partial charge in [-0.2, -0.15) is 0 Å². The fourth-order valence-electron chi connectivity index (χ4n) is 1.68. The van der Waals surface area contributed by atoms with E-state index in [2.05, 4.69) is 0 Å². The van der Waals surface area contributed by atoms with Crippen LogP contribution >= 0.6 is 0 Å². The number of benzene rings is 2. The van der Waals surface area contributed by atoms with Crippen molar-refractivity contribution in [2.45, 2.75) is 10.6 Å². The van der Waals surface area contributed by atoms with Gasteiger partial charge < -0.3 is 5.11 Å². The molecule has 2 aromatic carbocycles. The molecule has 0 aliphatic rings. The lowest BCUT2D eigenvalue weighted by Gasteiger charge is -2.04. The summed E-state index contributed by atoms with van der Waals surface area (Å²) >= 11 is 0. The number of aromatic carboxylic acids is 1. The van der Waals surface area contributed by atoms with E-state index in [1.807, 2.05) is 0 Å². The molecule has 0 spiro atoms. The van der Waals surface area contributed by atoms with E-state index in [9.17, 15) is 17.8 Å². The van der Waals surface area contributed by atoms with Crippen molar-refractivity contribution in [3.63, 3.8) is 0 Å². The summed E-state index contributed by atoms with van der Waals surface area (Å²) in [6.07, 6.45) is 0. The van der Waals surface area contributed by atoms with E-state index >= 15 is 0 Å². The molecule has 0 radical (unpaired) electrons. The highest BCUT2D eigenvalue weighted by molar-refractivity contribution is 7.84. The molecule has 0 fully saturated rings. The zero-order valence-corrected chi connectivity index (χ0v) is 11.0. The van der Waals surface area contributed by atoms with E-state index in [1.165, 1.54) is 24.3 Å². The summed E-state index contributed by atoms with van der Waals surface area (Å²) < 4.78 is 38.1. The van der Waals surface area contributed by atoms with Gasteiger partial charge in [-0.05, 0) is 42.0 Å². The predicted molar refractivity (Wildman–Crippen MR) is 69.9 cm³/mol. The van der Waals surface area contributed by atoms with E-state index in [0.29, 0.717) is 4.90 Å². The standard InChI is InChI=1S/C14H10F2O3S/c15-11-5-9(6-12(16)7-11)8-20(19)13-3-1-10(2-4-13)14(17)18/h1-7H,8H2,(H,17,18). The van der Waals surface area contributed by atoms with Crippen molar-refractivity contribution >= 4 is 16.8 Å². The fourth-order valence-corrected chi connectivity index (χ4v) is 2.75. The molecule has 104 valence electrons. The maximum absolute atomic E-state index is 13.0. The Hall–Kier alpha value is -2.08. The van der Waals surface area contributed by atoms with Gasteiger partial charge in [-0.15, -0.1) is 0 Å². The van der Waals surface area contributed by atoms with Gasteiger partial charge in [0, 0.05) is 11.0 Å². The van der Waals surface area contributed by atoms with Crippen LogP contribution in [0.2, 0.25) is 0 Å². The first-order valence-electron chi connectivity index (χ1n) is 5.62. The first-order valence-corrected chi connectivity index (χ1v) is 6.94. The highest BCUT2D eigenvalue weighted by atomic mass is 32.2. The van der Waals surface area contributed by atoms with Gasteiger partial charge in [0.05, 0.1) is 22.1 Å². The molecule has 1 unspecified atom stereocenters.